The Balaban J connectivity index is 2.09. The van der Waals surface area contributed by atoms with Crippen molar-refractivity contribution < 1.29 is 4.74 Å². The average molecular weight is 271 g/mol. The number of nitrogens with zero attached hydrogens (tertiary/aromatic N) is 2. The molecule has 0 amide bonds. The van der Waals surface area contributed by atoms with Gasteiger partial charge in [-0.3, -0.25) is 4.90 Å². The lowest BCUT2D eigenvalue weighted by molar-refractivity contribution is 0.125. The van der Waals surface area contributed by atoms with Crippen molar-refractivity contribution in [3.8, 4) is 0 Å². The molecule has 1 heterocycles. The lowest BCUT2D eigenvalue weighted by Crippen LogP contribution is -2.46. The van der Waals surface area contributed by atoms with Crippen molar-refractivity contribution in [2.75, 3.05) is 60.5 Å². The van der Waals surface area contributed by atoms with E-state index in [1.54, 1.807) is 7.11 Å². The molecule has 4 nitrogen and oxygen atoms in total. The summed E-state index contributed by atoms with van der Waals surface area (Å²) in [5.74, 6) is 0.896. The number of rotatable bonds is 9. The molecule has 19 heavy (non-hydrogen) atoms. The highest BCUT2D eigenvalue weighted by Gasteiger charge is 2.22. The Labute approximate surface area is 119 Å². The normalized spacial score (nSPS) is 20.1. The summed E-state index contributed by atoms with van der Waals surface area (Å²) in [6, 6.07) is 0.655. The maximum atomic E-state index is 5.05. The molecule has 4 heteroatoms. The Bertz CT molecular complexity index is 215. The zero-order chi connectivity index (χ0) is 14.1. The van der Waals surface area contributed by atoms with E-state index in [0.29, 0.717) is 6.04 Å². The van der Waals surface area contributed by atoms with Crippen LogP contribution in [0.1, 0.15) is 26.2 Å². The summed E-state index contributed by atoms with van der Waals surface area (Å²) in [5, 5.41) is 3.53. The van der Waals surface area contributed by atoms with Crippen LogP contribution in [-0.4, -0.2) is 76.4 Å². The van der Waals surface area contributed by atoms with Gasteiger partial charge in [0.15, 0.2) is 0 Å². The number of piperidine rings is 1. The van der Waals surface area contributed by atoms with Crippen LogP contribution in [-0.2, 0) is 4.74 Å². The van der Waals surface area contributed by atoms with Crippen molar-refractivity contribution in [1.82, 2.24) is 15.1 Å². The van der Waals surface area contributed by atoms with Gasteiger partial charge < -0.3 is 15.0 Å². The second-order valence-electron chi connectivity index (χ2n) is 6.14. The summed E-state index contributed by atoms with van der Waals surface area (Å²) < 4.78 is 5.05. The van der Waals surface area contributed by atoms with Crippen LogP contribution >= 0.6 is 0 Å². The topological polar surface area (TPSA) is 27.7 Å². The molecule has 0 aromatic rings. The van der Waals surface area contributed by atoms with Crippen LogP contribution in [0.25, 0.3) is 0 Å². The molecular formula is C15H33N3O. The number of hydrogen-bond donors (Lipinski definition) is 1. The molecular weight excluding hydrogens is 238 g/mol. The van der Waals surface area contributed by atoms with E-state index in [0.717, 1.165) is 32.0 Å². The molecule has 1 atom stereocenters. The van der Waals surface area contributed by atoms with E-state index < -0.39 is 0 Å². The van der Waals surface area contributed by atoms with Crippen molar-refractivity contribution in [2.45, 2.75) is 32.2 Å². The molecule has 0 aromatic carbocycles. The van der Waals surface area contributed by atoms with Crippen molar-refractivity contribution >= 4 is 0 Å². The van der Waals surface area contributed by atoms with E-state index in [2.05, 4.69) is 36.1 Å². The van der Waals surface area contributed by atoms with Gasteiger partial charge in [0.25, 0.3) is 0 Å². The van der Waals surface area contributed by atoms with E-state index in [1.165, 1.54) is 32.5 Å². The maximum absolute atomic E-state index is 5.05. The quantitative estimate of drug-likeness (QED) is 0.639. The van der Waals surface area contributed by atoms with Gasteiger partial charge in [-0.25, -0.2) is 0 Å². The summed E-state index contributed by atoms with van der Waals surface area (Å²) in [6.07, 6.45) is 3.81. The van der Waals surface area contributed by atoms with E-state index in [9.17, 15) is 0 Å². The molecule has 1 rings (SSSR count). The van der Waals surface area contributed by atoms with Gasteiger partial charge in [0.1, 0.15) is 0 Å². The highest BCUT2D eigenvalue weighted by molar-refractivity contribution is 4.78. The molecule has 114 valence electrons. The third-order valence-corrected chi connectivity index (χ3v) is 4.04. The molecule has 1 N–H and O–H groups in total. The van der Waals surface area contributed by atoms with Crippen LogP contribution in [0.2, 0.25) is 0 Å². The molecule has 1 aliphatic heterocycles. The minimum atomic E-state index is 0.655. The fourth-order valence-corrected chi connectivity index (χ4v) is 2.87. The lowest BCUT2D eigenvalue weighted by Gasteiger charge is -2.37. The van der Waals surface area contributed by atoms with Crippen LogP contribution in [0.4, 0.5) is 0 Å². The largest absolute Gasteiger partial charge is 0.385 e. The van der Waals surface area contributed by atoms with Gasteiger partial charge in [-0.1, -0.05) is 0 Å². The highest BCUT2D eigenvalue weighted by atomic mass is 16.5. The van der Waals surface area contributed by atoms with Crippen LogP contribution in [0.5, 0.6) is 0 Å². The first-order valence-corrected chi connectivity index (χ1v) is 7.72. The Morgan fingerprint density at radius 3 is 2.58 bits per heavy atom. The molecule has 0 bridgehead atoms. The Morgan fingerprint density at radius 2 is 2.00 bits per heavy atom. The SMILES string of the molecule is COCCCNCC(C)N1CCC(CN(C)C)CC1. The van der Waals surface area contributed by atoms with Crippen LogP contribution in [0, 0.1) is 5.92 Å². The molecule has 1 unspecified atom stereocenters. The number of ether oxygens (including phenoxy) is 1. The van der Waals surface area contributed by atoms with E-state index in [-0.39, 0.29) is 0 Å². The Hall–Kier alpha value is -0.160. The molecule has 0 spiro atoms. The molecule has 0 saturated carbocycles. The number of methoxy groups -OCH3 is 1. The summed E-state index contributed by atoms with van der Waals surface area (Å²) in [4.78, 5) is 4.95. The predicted octanol–water partition coefficient (Wildman–Crippen LogP) is 1.27. The smallest absolute Gasteiger partial charge is 0.0474 e. The van der Waals surface area contributed by atoms with E-state index >= 15 is 0 Å². The lowest BCUT2D eigenvalue weighted by atomic mass is 9.95. The summed E-state index contributed by atoms with van der Waals surface area (Å²) in [7, 11) is 6.12. The van der Waals surface area contributed by atoms with Gasteiger partial charge >= 0.3 is 0 Å². The molecule has 0 radical (unpaired) electrons. The number of likely N-dealkylation sites (tertiary alicyclic amines) is 1. The van der Waals surface area contributed by atoms with Gasteiger partial charge in [-0.05, 0) is 65.8 Å². The van der Waals surface area contributed by atoms with Gasteiger partial charge in [-0.2, -0.15) is 0 Å². The third-order valence-electron chi connectivity index (χ3n) is 4.04. The molecule has 0 aliphatic carbocycles. The predicted molar refractivity (Wildman–Crippen MR) is 81.7 cm³/mol. The van der Waals surface area contributed by atoms with Crippen molar-refractivity contribution in [2.24, 2.45) is 5.92 Å². The van der Waals surface area contributed by atoms with Crippen LogP contribution < -0.4 is 5.32 Å². The van der Waals surface area contributed by atoms with E-state index in [1.807, 2.05) is 0 Å². The first-order valence-electron chi connectivity index (χ1n) is 7.72. The van der Waals surface area contributed by atoms with Crippen molar-refractivity contribution in [3.05, 3.63) is 0 Å². The van der Waals surface area contributed by atoms with Crippen LogP contribution in [0.3, 0.4) is 0 Å². The zero-order valence-electron chi connectivity index (χ0n) is 13.3. The molecule has 1 aliphatic rings. The third kappa shape index (κ3) is 7.25. The summed E-state index contributed by atoms with van der Waals surface area (Å²) in [5.41, 5.74) is 0. The van der Waals surface area contributed by atoms with Gasteiger partial charge in [0.2, 0.25) is 0 Å². The van der Waals surface area contributed by atoms with Gasteiger partial charge in [-0.15, -0.1) is 0 Å². The molecule has 1 saturated heterocycles. The molecule has 0 aromatic heterocycles. The minimum Gasteiger partial charge on any atom is -0.385 e. The number of hydrogen-bond acceptors (Lipinski definition) is 4. The Morgan fingerprint density at radius 1 is 1.32 bits per heavy atom. The standard InChI is InChI=1S/C15H33N3O/c1-14(12-16-8-5-11-19-4)18-9-6-15(7-10-18)13-17(2)3/h14-16H,5-13H2,1-4H3. The first kappa shape index (κ1) is 16.9. The van der Waals surface area contributed by atoms with Crippen molar-refractivity contribution in [1.29, 1.82) is 0 Å². The second-order valence-corrected chi connectivity index (χ2v) is 6.14. The maximum Gasteiger partial charge on any atom is 0.0474 e. The number of nitrogens with one attached hydrogen (secondary N) is 1. The minimum absolute atomic E-state index is 0.655. The molecule has 1 fully saturated rings. The fraction of sp³-hybridized carbons (Fsp3) is 1.00. The summed E-state index contributed by atoms with van der Waals surface area (Å²) >= 11 is 0. The zero-order valence-corrected chi connectivity index (χ0v) is 13.3. The first-order chi connectivity index (χ1) is 9.13. The average Bonchev–Trinajstić information content (AvgIpc) is 2.38. The Kier molecular flexibility index (Phi) is 8.62. The van der Waals surface area contributed by atoms with Gasteiger partial charge in [0.05, 0.1) is 0 Å². The van der Waals surface area contributed by atoms with Crippen LogP contribution in [0.15, 0.2) is 0 Å². The monoisotopic (exact) mass is 271 g/mol. The fourth-order valence-electron chi connectivity index (χ4n) is 2.87. The van der Waals surface area contributed by atoms with Gasteiger partial charge in [0, 0.05) is 32.8 Å². The second kappa shape index (κ2) is 9.70. The van der Waals surface area contributed by atoms with Crippen molar-refractivity contribution in [3.63, 3.8) is 0 Å². The summed E-state index contributed by atoms with van der Waals surface area (Å²) in [6.45, 7) is 9.14. The van der Waals surface area contributed by atoms with E-state index in [4.69, 9.17) is 4.74 Å². The highest BCUT2D eigenvalue weighted by Crippen LogP contribution is 2.19.